The molecule has 23 N–H and O–H groups in total. The van der Waals surface area contributed by atoms with Crippen LogP contribution in [0.4, 0.5) is 0 Å². The van der Waals surface area contributed by atoms with Gasteiger partial charge in [-0.15, -0.1) is 29.5 Å². The third-order valence-corrected chi connectivity index (χ3v) is 18.2. The fourth-order valence-electron chi connectivity index (χ4n) is 11.4. The molecule has 33 atom stereocenters. The van der Waals surface area contributed by atoms with Crippen molar-refractivity contribution >= 4 is 49.6 Å². The van der Waals surface area contributed by atoms with Crippen LogP contribution in [0.3, 0.4) is 0 Å². The molecule has 40 heteroatoms. The molecule has 0 radical (unpaired) electrons. The molecule has 0 saturated carbocycles. The first-order valence-electron chi connectivity index (χ1n) is 33.6. The Morgan fingerprint density at radius 1 is 0.435 bits per heavy atom. The first-order valence-corrected chi connectivity index (χ1v) is 38.8. The van der Waals surface area contributed by atoms with Gasteiger partial charge in [-0.3, -0.25) is 0 Å². The van der Waals surface area contributed by atoms with Gasteiger partial charge in [0.15, 0.2) is 37.7 Å². The number of halogens is 1. The standard InChI is InChI=1S/C26H39NO11.C21H30O11.C12H22O11.C9H9Cl.Na.H2O.H5P3/c1-13(8-26(2,3)12-27)15-6-4-14(5-7-15)10-35-11-17-19(30)21(32)23(34)25(37-17)38-24-22(33)20(31)18(29)16(9-28)36-24;1-2-10-3-5-11(6-4-10)8-29-9-13-15(24)17(26)19(28)21(31-13)32-20-18(27)16(25)14(23)12(7-22)30-20;13-1-3-5(15)7(17)9(19)11(21-3)23-12-10(20)8(18)6(16)4(2-14)22-12;1-2-8-3-5-9(7-10)6-4-8;;;1-3-2/h4-7,13,16-25,28-34H,8-11H2,1-3H3;2-6,12-28H,1,7-9H2;3-20H,1-2H2;2-6H,1,7H2;;1H2;3H,1-2H2/q;;;;+1;;/p-1/t13?,16-,17-,18-,19-,20+,21+,22-,23-,24-,25-;12-,13-,14-,15-,16+,17+,18-,19-,20-,21-;3-,4-,5-,6-,7+,8+,9-,10-,11-,12-;;;;/m111..../s1. The number of nitriles is 1. The summed E-state index contributed by atoms with van der Waals surface area (Å²) in [6, 6.07) is 25.5. The average Bonchev–Trinajstić information content (AvgIpc) is 0.798. The van der Waals surface area contributed by atoms with E-state index in [0.29, 0.717) is 5.88 Å². The van der Waals surface area contributed by atoms with E-state index in [2.05, 4.69) is 44.0 Å². The number of hydrogen-bond donors (Lipinski definition) is 22. The van der Waals surface area contributed by atoms with Gasteiger partial charge in [0.25, 0.3) is 0 Å². The summed E-state index contributed by atoms with van der Waals surface area (Å²) in [6.45, 7) is 10.6. The average molecular weight is 1630 g/mol. The Bertz CT molecular complexity index is 3000. The van der Waals surface area contributed by atoms with Crippen molar-refractivity contribution in [3.05, 3.63) is 119 Å². The smallest absolute Gasteiger partial charge is 0.870 e. The van der Waals surface area contributed by atoms with E-state index in [1.165, 1.54) is 0 Å². The summed E-state index contributed by atoms with van der Waals surface area (Å²) in [6.07, 6.45) is -42.1. The third-order valence-electron chi connectivity index (χ3n) is 17.9. The Morgan fingerprint density at radius 3 is 0.898 bits per heavy atom. The molecule has 610 valence electrons. The molecule has 3 aromatic carbocycles. The van der Waals surface area contributed by atoms with Crippen LogP contribution in [0.2, 0.25) is 0 Å². The zero-order valence-corrected chi connectivity index (χ0v) is 65.8. The maximum Gasteiger partial charge on any atom is 1.00 e. The Balaban J connectivity index is 0.000000391. The molecule has 6 fully saturated rings. The van der Waals surface area contributed by atoms with Crippen molar-refractivity contribution in [3.8, 4) is 6.07 Å². The van der Waals surface area contributed by atoms with E-state index in [4.69, 9.17) is 73.9 Å². The van der Waals surface area contributed by atoms with Crippen LogP contribution in [-0.4, -0.2) is 342 Å². The van der Waals surface area contributed by atoms with Gasteiger partial charge in [0.05, 0.1) is 64.3 Å². The van der Waals surface area contributed by atoms with Crippen molar-refractivity contribution < 1.29 is 199 Å². The van der Waals surface area contributed by atoms with Crippen molar-refractivity contribution in [1.82, 2.24) is 0 Å². The molecule has 3 aromatic rings. The number of hydrogen-bond acceptors (Lipinski definition) is 35. The summed E-state index contributed by atoms with van der Waals surface area (Å²) in [5, 5.41) is 226. The molecule has 6 saturated heterocycles. The maximum absolute atomic E-state index is 10.4. The summed E-state index contributed by atoms with van der Waals surface area (Å²) in [4.78, 5) is 0. The molecule has 6 heterocycles. The minimum Gasteiger partial charge on any atom is -0.870 e. The quantitative estimate of drug-likeness (QED) is 0.0225. The van der Waals surface area contributed by atoms with E-state index >= 15 is 0 Å². The van der Waals surface area contributed by atoms with E-state index in [0.717, 1.165) is 47.8 Å². The molecular weight excluding hydrogens is 1530 g/mol. The first kappa shape index (κ1) is 100. The number of rotatable bonds is 24. The largest absolute Gasteiger partial charge is 1.00 e. The van der Waals surface area contributed by atoms with Crippen LogP contribution in [0.5, 0.6) is 0 Å². The molecule has 0 bridgehead atoms. The van der Waals surface area contributed by atoms with Crippen LogP contribution in [-0.2, 0) is 71.2 Å². The normalized spacial score (nSPS) is 37.0. The summed E-state index contributed by atoms with van der Waals surface area (Å²) in [5.74, 6) is 0.774. The van der Waals surface area contributed by atoms with Crippen LogP contribution >= 0.6 is 37.4 Å². The summed E-state index contributed by atoms with van der Waals surface area (Å²) in [5.41, 5.74) is 5.60. The van der Waals surface area contributed by atoms with Gasteiger partial charge < -0.3 is 170 Å². The van der Waals surface area contributed by atoms with Gasteiger partial charge in [-0.1, -0.05) is 113 Å². The Kier molecular flexibility index (Phi) is 45.4. The summed E-state index contributed by atoms with van der Waals surface area (Å²) in [7, 11) is 6.06. The van der Waals surface area contributed by atoms with Crippen LogP contribution < -0.4 is 29.6 Å². The zero-order chi connectivity index (χ0) is 79.0. The van der Waals surface area contributed by atoms with Crippen molar-refractivity contribution in [2.24, 2.45) is 5.41 Å². The van der Waals surface area contributed by atoms with Gasteiger partial charge in [-0.25, -0.2) is 0 Å². The number of aliphatic hydroxyl groups is 22. The van der Waals surface area contributed by atoms with Crippen molar-refractivity contribution in [1.29, 1.82) is 5.26 Å². The molecule has 0 aliphatic carbocycles. The molecule has 0 amide bonds. The fourth-order valence-corrected chi connectivity index (χ4v) is 11.6. The van der Waals surface area contributed by atoms with Crippen LogP contribution in [0.25, 0.3) is 12.2 Å². The Labute approximate surface area is 657 Å². The van der Waals surface area contributed by atoms with Gasteiger partial charge in [0.2, 0.25) is 0 Å². The van der Waals surface area contributed by atoms with E-state index in [9.17, 15) is 107 Å². The molecule has 6 aliphatic heterocycles. The number of alkyl halides is 1. The van der Waals surface area contributed by atoms with E-state index in [1.54, 1.807) is 6.08 Å². The Hall–Kier alpha value is -2.15. The second kappa shape index (κ2) is 49.0. The number of nitrogens with zero attached hydrogens (tertiary/aromatic N) is 1. The van der Waals surface area contributed by atoms with Gasteiger partial charge in [0.1, 0.15) is 146 Å². The van der Waals surface area contributed by atoms with Crippen molar-refractivity contribution in [2.45, 2.75) is 236 Å². The number of ether oxygens (including phenoxy) is 11. The van der Waals surface area contributed by atoms with Gasteiger partial charge in [-0.05, 0) is 59.6 Å². The molecule has 9 rings (SSSR count). The molecule has 108 heavy (non-hydrogen) atoms. The fraction of sp³-hybridized carbons (Fsp3) is 0.662. The van der Waals surface area contributed by atoms with E-state index < -0.39 is 216 Å². The van der Waals surface area contributed by atoms with Crippen LogP contribution in [0.15, 0.2) is 86.0 Å². The summed E-state index contributed by atoms with van der Waals surface area (Å²) < 4.78 is 59.0. The SMILES string of the molecule is C=Cc1ccc(CCl)cc1.C=Cc1ccc(COC[C@H]2O[C@H](O[C@H]3O[C@H](CO)[C@@H](O)[C@H](O)[C@H]3O)[C@H](O)[C@@H](O)[C@@H]2O)cc1.CC(CC(C)(C)C#N)c1ccc(COC[C@H]2O[C@H](O[C@H]3O[C@H](CO)[C@@H](O)[C@H](O)[C@H]3O)[C@H](O)[C@@H](O)[C@@H]2O)cc1.OC[C@H]1O[C@H](O[C@H]2O[C@H](CO)[C@@H](O)[C@H](O)[C@H]2O)[C@H](O)[C@@H](O)[C@@H]1O.PPP.[Na+].[OH-]. The first-order chi connectivity index (χ1) is 50.2. The Morgan fingerprint density at radius 2 is 0.667 bits per heavy atom. The van der Waals surface area contributed by atoms with E-state index in [1.807, 2.05) is 92.7 Å². The monoisotopic (exact) mass is 1630 g/mol. The predicted molar refractivity (Wildman–Crippen MR) is 382 cm³/mol. The number of benzene rings is 3. The van der Waals surface area contributed by atoms with Crippen molar-refractivity contribution in [3.63, 3.8) is 0 Å². The number of aliphatic hydroxyl groups excluding tert-OH is 22. The van der Waals surface area contributed by atoms with Crippen LogP contribution in [0, 0.1) is 16.7 Å². The molecule has 0 spiro atoms. The molecular formula is C68H106ClNNaO34P3. The van der Waals surface area contributed by atoms with Gasteiger partial charge in [-0.2, -0.15) is 5.26 Å². The van der Waals surface area contributed by atoms with Crippen LogP contribution in [0.1, 0.15) is 66.5 Å². The van der Waals surface area contributed by atoms with E-state index in [-0.39, 0.29) is 67.4 Å². The maximum atomic E-state index is 10.4. The molecule has 0 aromatic heterocycles. The van der Waals surface area contributed by atoms with Gasteiger partial charge in [0, 0.05) is 5.88 Å². The van der Waals surface area contributed by atoms with Gasteiger partial charge >= 0.3 is 29.6 Å². The second-order valence-corrected chi connectivity index (χ2v) is 30.9. The predicted octanol–water partition coefficient (Wildman–Crippen LogP) is -7.92. The minimum absolute atomic E-state index is 0. The molecule has 3 unspecified atom stereocenters. The summed E-state index contributed by atoms with van der Waals surface area (Å²) >= 11 is 5.60. The van der Waals surface area contributed by atoms with Crippen molar-refractivity contribution in [2.75, 3.05) is 39.6 Å². The second-order valence-electron chi connectivity index (χ2n) is 26.3. The molecule has 35 nitrogen and oxygen atoms in total. The molecule has 6 aliphatic rings. The zero-order valence-electron chi connectivity index (χ0n) is 59.7. The minimum atomic E-state index is -1.74. The topological polar surface area (TPSA) is 600 Å². The third kappa shape index (κ3) is 28.1.